The molecule has 6 atom stereocenters. The van der Waals surface area contributed by atoms with Crippen molar-refractivity contribution in [1.82, 2.24) is 0 Å². The quantitative estimate of drug-likeness (QED) is 0.418. The van der Waals surface area contributed by atoms with E-state index in [9.17, 15) is 15.3 Å². The van der Waals surface area contributed by atoms with E-state index in [1.807, 2.05) is 0 Å². The van der Waals surface area contributed by atoms with E-state index in [1.165, 1.54) is 6.08 Å². The maximum atomic E-state index is 9.81. The van der Waals surface area contributed by atoms with E-state index >= 15 is 0 Å². The van der Waals surface area contributed by atoms with Gasteiger partial charge in [-0.15, -0.1) is 0 Å². The monoisotopic (exact) mass is 292 g/mol. The minimum atomic E-state index is -1.44. The predicted molar refractivity (Wildman–Crippen MR) is 64.5 cm³/mol. The Balaban J connectivity index is 1.95. The molecule has 2 aliphatic heterocycles. The summed E-state index contributed by atoms with van der Waals surface area (Å²) < 4.78 is 15.8. The van der Waals surface area contributed by atoms with Crippen LogP contribution in [0.1, 0.15) is 12.8 Å². The van der Waals surface area contributed by atoms with Crippen LogP contribution in [-0.2, 0) is 14.2 Å². The summed E-state index contributed by atoms with van der Waals surface area (Å²) in [6, 6.07) is 0. The molecule has 0 bridgehead atoms. The van der Waals surface area contributed by atoms with E-state index in [4.69, 9.17) is 24.4 Å². The van der Waals surface area contributed by atoms with Crippen LogP contribution in [0.5, 0.6) is 0 Å². The molecule has 8 heteroatoms. The molecule has 0 unspecified atom stereocenters. The van der Waals surface area contributed by atoms with Crippen LogP contribution in [0.15, 0.2) is 11.8 Å². The van der Waals surface area contributed by atoms with Gasteiger partial charge in [0.15, 0.2) is 12.6 Å². The smallest absolute Gasteiger partial charge is 0.183 e. The highest BCUT2D eigenvalue weighted by molar-refractivity contribution is 5.02. The molecule has 1 fully saturated rings. The number of aliphatic hydroxyl groups excluding tert-OH is 5. The van der Waals surface area contributed by atoms with Gasteiger partial charge in [-0.05, 0) is 6.08 Å². The van der Waals surface area contributed by atoms with Gasteiger partial charge in [0.25, 0.3) is 0 Å². The van der Waals surface area contributed by atoms with Crippen molar-refractivity contribution in [3.63, 3.8) is 0 Å². The first-order chi connectivity index (χ1) is 9.55. The second-order valence-corrected chi connectivity index (χ2v) is 4.83. The van der Waals surface area contributed by atoms with Gasteiger partial charge >= 0.3 is 0 Å². The lowest BCUT2D eigenvalue weighted by atomic mass is 10.0. The van der Waals surface area contributed by atoms with Gasteiger partial charge < -0.3 is 39.7 Å². The average Bonchev–Trinajstić information content (AvgIpc) is 2.45. The van der Waals surface area contributed by atoms with Gasteiger partial charge in [0.2, 0.25) is 0 Å². The minimum Gasteiger partial charge on any atom is -0.510 e. The molecule has 0 aromatic heterocycles. The fourth-order valence-electron chi connectivity index (χ4n) is 2.25. The lowest BCUT2D eigenvalue weighted by molar-refractivity contribution is -0.292. The highest BCUT2D eigenvalue weighted by Crippen LogP contribution is 2.26. The molecule has 0 aliphatic carbocycles. The number of hydrogen-bond donors (Lipinski definition) is 5. The van der Waals surface area contributed by atoms with Crippen molar-refractivity contribution in [2.24, 2.45) is 0 Å². The first-order valence-corrected chi connectivity index (χ1v) is 6.48. The van der Waals surface area contributed by atoms with Gasteiger partial charge in [-0.25, -0.2) is 0 Å². The molecule has 2 heterocycles. The van der Waals surface area contributed by atoms with Crippen LogP contribution in [0.4, 0.5) is 0 Å². The Morgan fingerprint density at radius 3 is 2.60 bits per heavy atom. The van der Waals surface area contributed by atoms with E-state index in [2.05, 4.69) is 0 Å². The Morgan fingerprint density at radius 2 is 1.95 bits per heavy atom. The first kappa shape index (κ1) is 15.6. The Kier molecular flexibility index (Phi) is 5.33. The predicted octanol–water partition coefficient (Wildman–Crippen LogP) is -1.62. The minimum absolute atomic E-state index is 0.0619. The van der Waals surface area contributed by atoms with Gasteiger partial charge in [0, 0.05) is 12.8 Å². The normalized spacial score (nSPS) is 42.3. The molecule has 0 saturated carbocycles. The second-order valence-electron chi connectivity index (χ2n) is 4.83. The first-order valence-electron chi connectivity index (χ1n) is 6.48. The van der Waals surface area contributed by atoms with E-state index in [0.29, 0.717) is 0 Å². The fourth-order valence-corrected chi connectivity index (χ4v) is 2.25. The largest absolute Gasteiger partial charge is 0.510 e. The lowest BCUT2D eigenvalue weighted by Gasteiger charge is -2.38. The third-order valence-corrected chi connectivity index (χ3v) is 3.36. The number of hydrogen-bond acceptors (Lipinski definition) is 8. The van der Waals surface area contributed by atoms with Gasteiger partial charge in [-0.3, -0.25) is 0 Å². The van der Waals surface area contributed by atoms with Crippen molar-refractivity contribution in [3.8, 4) is 0 Å². The molecule has 20 heavy (non-hydrogen) atoms. The van der Waals surface area contributed by atoms with E-state index in [1.54, 1.807) is 0 Å². The molecule has 0 spiro atoms. The van der Waals surface area contributed by atoms with E-state index < -0.39 is 37.0 Å². The van der Waals surface area contributed by atoms with Crippen molar-refractivity contribution in [3.05, 3.63) is 11.8 Å². The van der Waals surface area contributed by atoms with Crippen LogP contribution in [0.25, 0.3) is 0 Å². The zero-order valence-electron chi connectivity index (χ0n) is 10.8. The van der Waals surface area contributed by atoms with Gasteiger partial charge in [-0.1, -0.05) is 0 Å². The summed E-state index contributed by atoms with van der Waals surface area (Å²) in [5, 5.41) is 46.9. The molecule has 2 rings (SSSR count). The van der Waals surface area contributed by atoms with Crippen molar-refractivity contribution in [1.29, 1.82) is 0 Å². The van der Waals surface area contributed by atoms with Gasteiger partial charge in [0.1, 0.15) is 18.0 Å². The molecular weight excluding hydrogens is 272 g/mol. The van der Waals surface area contributed by atoms with Crippen molar-refractivity contribution in [2.45, 2.75) is 49.8 Å². The zero-order chi connectivity index (χ0) is 14.7. The average molecular weight is 292 g/mol. The number of rotatable bonds is 4. The second kappa shape index (κ2) is 6.81. The van der Waals surface area contributed by atoms with Crippen LogP contribution in [0.2, 0.25) is 0 Å². The summed E-state index contributed by atoms with van der Waals surface area (Å²) in [6.07, 6.45) is -3.77. The van der Waals surface area contributed by atoms with Crippen LogP contribution in [-0.4, -0.2) is 75.7 Å². The molecule has 8 nitrogen and oxygen atoms in total. The van der Waals surface area contributed by atoms with Crippen molar-refractivity contribution >= 4 is 0 Å². The topological polar surface area (TPSA) is 129 Å². The summed E-state index contributed by atoms with van der Waals surface area (Å²) in [4.78, 5) is 0. The summed E-state index contributed by atoms with van der Waals surface area (Å²) in [6.45, 7) is -0.685. The third kappa shape index (κ3) is 3.47. The van der Waals surface area contributed by atoms with Crippen molar-refractivity contribution in [2.75, 3.05) is 13.2 Å². The molecule has 116 valence electrons. The summed E-state index contributed by atoms with van der Waals surface area (Å²) in [7, 11) is 0. The highest BCUT2D eigenvalue weighted by Gasteiger charge is 2.39. The lowest BCUT2D eigenvalue weighted by Crippen LogP contribution is -2.52. The summed E-state index contributed by atoms with van der Waals surface area (Å²) >= 11 is 0. The molecule has 0 aromatic rings. The number of ether oxygens (including phenoxy) is 3. The van der Waals surface area contributed by atoms with E-state index in [0.717, 1.165) is 0 Å². The Bertz CT molecular complexity index is 346. The van der Waals surface area contributed by atoms with Gasteiger partial charge in [0.05, 0.1) is 25.4 Å². The van der Waals surface area contributed by atoms with E-state index in [-0.39, 0.29) is 31.8 Å². The molecule has 0 amide bonds. The van der Waals surface area contributed by atoms with Gasteiger partial charge in [-0.2, -0.15) is 0 Å². The van der Waals surface area contributed by atoms with Crippen LogP contribution in [0.3, 0.4) is 0 Å². The standard InChI is InChI=1S/C12H20O8/c13-4-6-3-8(11(16)12(17)18-6)19-10-2-1-7(15)9(5-14)20-10/h1,6,8-17H,2-5H2/t6-,8-,9+,10-,11-,12+/m0/s1. The van der Waals surface area contributed by atoms with Crippen LogP contribution in [0, 0.1) is 0 Å². The number of aliphatic hydroxyl groups is 5. The van der Waals surface area contributed by atoms with Crippen molar-refractivity contribution < 1.29 is 39.7 Å². The Hall–Kier alpha value is -0.740. The highest BCUT2D eigenvalue weighted by atomic mass is 16.7. The molecule has 0 radical (unpaired) electrons. The summed E-state index contributed by atoms with van der Waals surface area (Å²) in [5.74, 6) is -0.0619. The SMILES string of the molecule is OC[C@@H]1C[C@H](O[C@@H]2CC=C(O)[C@@H](CO)O2)[C@H](O)[C@H](O)O1. The summed E-state index contributed by atoms with van der Waals surface area (Å²) in [5.41, 5.74) is 0. The Labute approximate surface area is 115 Å². The molecular formula is C12H20O8. The molecule has 0 aromatic carbocycles. The fraction of sp³-hybridized carbons (Fsp3) is 0.833. The maximum Gasteiger partial charge on any atom is 0.183 e. The molecule has 1 saturated heterocycles. The van der Waals surface area contributed by atoms with Crippen LogP contribution >= 0.6 is 0 Å². The zero-order valence-corrected chi connectivity index (χ0v) is 10.8. The maximum absolute atomic E-state index is 9.81. The third-order valence-electron chi connectivity index (χ3n) is 3.36. The molecule has 2 aliphatic rings. The Morgan fingerprint density at radius 1 is 1.20 bits per heavy atom. The molecule has 5 N–H and O–H groups in total. The van der Waals surface area contributed by atoms with Crippen LogP contribution < -0.4 is 0 Å².